The van der Waals surface area contributed by atoms with Crippen LogP contribution < -0.4 is 10.2 Å². The topological polar surface area (TPSA) is 48.1 Å². The minimum absolute atomic E-state index is 0.147. The molecule has 0 saturated carbocycles. The Morgan fingerprint density at radius 2 is 2.24 bits per heavy atom. The fourth-order valence-corrected chi connectivity index (χ4v) is 2.06. The lowest BCUT2D eigenvalue weighted by Crippen LogP contribution is -2.44. The first-order valence-electron chi connectivity index (χ1n) is 5.73. The van der Waals surface area contributed by atoms with Gasteiger partial charge in [-0.05, 0) is 12.1 Å². The summed E-state index contributed by atoms with van der Waals surface area (Å²) in [5.41, 5.74) is 0. The zero-order chi connectivity index (χ0) is 11.5. The number of anilines is 1. The maximum atomic E-state index is 4.60. The monoisotopic (exact) mass is 228 g/mol. The van der Waals surface area contributed by atoms with Crippen LogP contribution in [0.3, 0.4) is 0 Å². The molecule has 2 aromatic heterocycles. The largest absolute Gasteiger partial charge is 0.352 e. The van der Waals surface area contributed by atoms with Gasteiger partial charge in [-0.2, -0.15) is 0 Å². The average molecular weight is 228 g/mol. The predicted molar refractivity (Wildman–Crippen MR) is 64.7 cm³/mol. The third kappa shape index (κ3) is 2.14. The van der Waals surface area contributed by atoms with Gasteiger partial charge < -0.3 is 9.47 Å². The average Bonchev–Trinajstić information content (AvgIpc) is 2.94. The molecule has 0 aromatic carbocycles. The first-order valence-corrected chi connectivity index (χ1v) is 5.73. The van der Waals surface area contributed by atoms with Crippen LogP contribution >= 0.6 is 0 Å². The van der Waals surface area contributed by atoms with Gasteiger partial charge in [-0.3, -0.25) is 0 Å². The Hall–Kier alpha value is -1.88. The molecule has 1 aliphatic rings. The van der Waals surface area contributed by atoms with Crippen LogP contribution in [-0.2, 0) is 0 Å². The standard InChI is InChI=1S/C12H14N5/c1-2-4-14-11(3-1)16-8-6-15-12(9-16)17-7-5-13-10-17/h1-5,7,10,12H,6,8-9H2. The first kappa shape index (κ1) is 10.3. The molecule has 17 heavy (non-hydrogen) atoms. The molecule has 1 atom stereocenters. The molecule has 3 rings (SSSR count). The normalized spacial score (nSPS) is 20.5. The third-order valence-corrected chi connectivity index (χ3v) is 2.94. The second kappa shape index (κ2) is 4.55. The van der Waals surface area contributed by atoms with Gasteiger partial charge in [-0.15, -0.1) is 0 Å². The van der Waals surface area contributed by atoms with Crippen LogP contribution in [0.25, 0.3) is 0 Å². The van der Waals surface area contributed by atoms with Crippen molar-refractivity contribution in [2.24, 2.45) is 0 Å². The van der Waals surface area contributed by atoms with E-state index < -0.39 is 0 Å². The van der Waals surface area contributed by atoms with E-state index in [4.69, 9.17) is 0 Å². The van der Waals surface area contributed by atoms with Crippen LogP contribution in [-0.4, -0.2) is 34.2 Å². The van der Waals surface area contributed by atoms with Crippen molar-refractivity contribution in [3.05, 3.63) is 43.1 Å². The van der Waals surface area contributed by atoms with Gasteiger partial charge in [0.2, 0.25) is 0 Å². The SMILES string of the molecule is c1ccc(N2CC[N]C(n3ccnc3)C2)nc1. The highest BCUT2D eigenvalue weighted by molar-refractivity contribution is 5.38. The highest BCUT2D eigenvalue weighted by Crippen LogP contribution is 2.17. The van der Waals surface area contributed by atoms with Gasteiger partial charge in [0.05, 0.1) is 12.9 Å². The lowest BCUT2D eigenvalue weighted by atomic mass is 10.3. The summed E-state index contributed by atoms with van der Waals surface area (Å²) in [5.74, 6) is 1.02. The lowest BCUT2D eigenvalue weighted by Gasteiger charge is -2.33. The zero-order valence-electron chi connectivity index (χ0n) is 9.48. The molecule has 0 amide bonds. The van der Waals surface area contributed by atoms with Crippen molar-refractivity contribution in [1.82, 2.24) is 19.9 Å². The van der Waals surface area contributed by atoms with E-state index in [9.17, 15) is 0 Å². The summed E-state index contributed by atoms with van der Waals surface area (Å²) < 4.78 is 2.04. The van der Waals surface area contributed by atoms with E-state index in [1.165, 1.54) is 0 Å². The number of piperazine rings is 1. The predicted octanol–water partition coefficient (Wildman–Crippen LogP) is 0.901. The summed E-state index contributed by atoms with van der Waals surface area (Å²) in [5, 5.41) is 4.60. The summed E-state index contributed by atoms with van der Waals surface area (Å²) in [6, 6.07) is 5.99. The summed E-state index contributed by atoms with van der Waals surface area (Å²) in [6.45, 7) is 2.62. The van der Waals surface area contributed by atoms with E-state index in [-0.39, 0.29) is 6.17 Å². The second-order valence-corrected chi connectivity index (χ2v) is 4.03. The quantitative estimate of drug-likeness (QED) is 0.767. The van der Waals surface area contributed by atoms with Crippen LogP contribution in [0.1, 0.15) is 6.17 Å². The fraction of sp³-hybridized carbons (Fsp3) is 0.333. The van der Waals surface area contributed by atoms with Crippen molar-refractivity contribution in [3.8, 4) is 0 Å². The molecule has 0 N–H and O–H groups in total. The highest BCUT2D eigenvalue weighted by atomic mass is 15.3. The minimum atomic E-state index is 0.147. The van der Waals surface area contributed by atoms with Crippen LogP contribution in [0.2, 0.25) is 0 Å². The number of aromatic nitrogens is 3. The molecular formula is C12H14N5. The van der Waals surface area contributed by atoms with Gasteiger partial charge in [-0.1, -0.05) is 6.07 Å². The summed E-state index contributed by atoms with van der Waals surface area (Å²) in [6.07, 6.45) is 7.53. The van der Waals surface area contributed by atoms with E-state index in [1.54, 1.807) is 6.20 Å². The molecule has 0 aliphatic carbocycles. The summed E-state index contributed by atoms with van der Waals surface area (Å²) in [4.78, 5) is 10.7. The molecule has 3 heterocycles. The number of pyridine rings is 1. The smallest absolute Gasteiger partial charge is 0.128 e. The zero-order valence-corrected chi connectivity index (χ0v) is 9.48. The van der Waals surface area contributed by atoms with Crippen molar-refractivity contribution < 1.29 is 0 Å². The van der Waals surface area contributed by atoms with Crippen molar-refractivity contribution in [2.45, 2.75) is 6.17 Å². The Labute approximate surface area is 100 Å². The van der Waals surface area contributed by atoms with Crippen LogP contribution in [0.15, 0.2) is 43.1 Å². The molecule has 0 bridgehead atoms. The Kier molecular flexibility index (Phi) is 2.75. The molecular weight excluding hydrogens is 214 g/mol. The van der Waals surface area contributed by atoms with Gasteiger partial charge in [-0.25, -0.2) is 15.3 Å². The molecule has 1 unspecified atom stereocenters. The van der Waals surface area contributed by atoms with Gasteiger partial charge in [0, 0.05) is 31.7 Å². The fourth-order valence-electron chi connectivity index (χ4n) is 2.06. The second-order valence-electron chi connectivity index (χ2n) is 4.03. The van der Waals surface area contributed by atoms with Crippen molar-refractivity contribution in [2.75, 3.05) is 24.5 Å². The van der Waals surface area contributed by atoms with Crippen molar-refractivity contribution in [3.63, 3.8) is 0 Å². The molecule has 1 aliphatic heterocycles. The number of nitrogens with zero attached hydrogens (tertiary/aromatic N) is 5. The number of rotatable bonds is 2. The number of imidazole rings is 1. The van der Waals surface area contributed by atoms with Crippen LogP contribution in [0.5, 0.6) is 0 Å². The molecule has 1 saturated heterocycles. The van der Waals surface area contributed by atoms with Crippen LogP contribution in [0, 0.1) is 0 Å². The maximum Gasteiger partial charge on any atom is 0.128 e. The van der Waals surface area contributed by atoms with Gasteiger partial charge in [0.25, 0.3) is 0 Å². The van der Waals surface area contributed by atoms with E-state index in [0.29, 0.717) is 0 Å². The highest BCUT2D eigenvalue weighted by Gasteiger charge is 2.21. The van der Waals surface area contributed by atoms with E-state index in [2.05, 4.69) is 20.2 Å². The minimum Gasteiger partial charge on any atom is -0.352 e. The Morgan fingerprint density at radius 3 is 3.00 bits per heavy atom. The molecule has 5 heteroatoms. The lowest BCUT2D eigenvalue weighted by molar-refractivity contribution is 0.358. The summed E-state index contributed by atoms with van der Waals surface area (Å²) >= 11 is 0. The van der Waals surface area contributed by atoms with Crippen LogP contribution in [0.4, 0.5) is 5.82 Å². The van der Waals surface area contributed by atoms with Crippen molar-refractivity contribution in [1.29, 1.82) is 0 Å². The number of hydrogen-bond acceptors (Lipinski definition) is 3. The molecule has 87 valence electrons. The summed E-state index contributed by atoms with van der Waals surface area (Å²) in [7, 11) is 0. The van der Waals surface area contributed by atoms with Crippen molar-refractivity contribution >= 4 is 5.82 Å². The Balaban J connectivity index is 1.76. The Morgan fingerprint density at radius 1 is 1.24 bits per heavy atom. The number of hydrogen-bond donors (Lipinski definition) is 0. The molecule has 1 radical (unpaired) electrons. The molecule has 0 spiro atoms. The maximum absolute atomic E-state index is 4.60. The van der Waals surface area contributed by atoms with E-state index in [1.807, 2.05) is 41.5 Å². The van der Waals surface area contributed by atoms with Gasteiger partial charge >= 0.3 is 0 Å². The van der Waals surface area contributed by atoms with E-state index in [0.717, 1.165) is 25.5 Å². The first-order chi connectivity index (χ1) is 8.43. The molecule has 1 fully saturated rings. The molecule has 5 nitrogen and oxygen atoms in total. The van der Waals surface area contributed by atoms with Gasteiger partial charge in [0.1, 0.15) is 12.0 Å². The Bertz CT molecular complexity index is 453. The van der Waals surface area contributed by atoms with Gasteiger partial charge in [0.15, 0.2) is 0 Å². The van der Waals surface area contributed by atoms with E-state index >= 15 is 0 Å². The third-order valence-electron chi connectivity index (χ3n) is 2.94. The molecule has 2 aromatic rings.